The van der Waals surface area contributed by atoms with E-state index in [1.54, 1.807) is 0 Å². The van der Waals surface area contributed by atoms with Gasteiger partial charge in [-0.1, -0.05) is 24.6 Å². The minimum absolute atomic E-state index is 0.114. The molecule has 0 unspecified atom stereocenters. The predicted molar refractivity (Wildman–Crippen MR) is 85.7 cm³/mol. The molecular formula is C18H27NO2. The topological polar surface area (TPSA) is 29.5 Å². The number of hydrogen-bond donors (Lipinski definition) is 0. The fraction of sp³-hybridized carbons (Fsp3) is 0.611. The van der Waals surface area contributed by atoms with Crippen molar-refractivity contribution in [3.63, 3.8) is 0 Å². The molecule has 0 atom stereocenters. The van der Waals surface area contributed by atoms with E-state index in [0.29, 0.717) is 0 Å². The third-order valence-electron chi connectivity index (χ3n) is 3.97. The first kappa shape index (κ1) is 15.9. The number of amides is 1. The molecule has 0 N–H and O–H groups in total. The van der Waals surface area contributed by atoms with Gasteiger partial charge in [0.1, 0.15) is 5.75 Å². The van der Waals surface area contributed by atoms with Crippen LogP contribution in [0.1, 0.15) is 42.9 Å². The molecule has 0 saturated heterocycles. The summed E-state index contributed by atoms with van der Waals surface area (Å²) in [7, 11) is 0. The summed E-state index contributed by atoms with van der Waals surface area (Å²) in [5.74, 6) is 1.70. The van der Waals surface area contributed by atoms with Gasteiger partial charge in [0.2, 0.25) is 0 Å². The van der Waals surface area contributed by atoms with E-state index >= 15 is 0 Å². The minimum Gasteiger partial charge on any atom is -0.483 e. The molecule has 0 aromatic heterocycles. The fourth-order valence-electron chi connectivity index (χ4n) is 2.82. The van der Waals surface area contributed by atoms with E-state index < -0.39 is 0 Å². The molecule has 0 bridgehead atoms. The predicted octanol–water partition coefficient (Wildman–Crippen LogP) is 3.64. The molecule has 1 aliphatic rings. The highest BCUT2D eigenvalue weighted by Gasteiger charge is 2.26. The Hall–Kier alpha value is -1.51. The maximum Gasteiger partial charge on any atom is 0.260 e. The van der Waals surface area contributed by atoms with Crippen LogP contribution in [0.3, 0.4) is 0 Å². The van der Waals surface area contributed by atoms with Crippen LogP contribution in [-0.4, -0.2) is 30.5 Å². The van der Waals surface area contributed by atoms with Crippen molar-refractivity contribution in [2.45, 2.75) is 47.0 Å². The summed E-state index contributed by atoms with van der Waals surface area (Å²) < 4.78 is 5.82. The molecular weight excluding hydrogens is 262 g/mol. The highest BCUT2D eigenvalue weighted by molar-refractivity contribution is 5.78. The van der Waals surface area contributed by atoms with Crippen molar-refractivity contribution in [3.8, 4) is 5.75 Å². The Labute approximate surface area is 128 Å². The third kappa shape index (κ3) is 4.48. The molecule has 3 heteroatoms. The first-order valence-electron chi connectivity index (χ1n) is 7.99. The molecule has 1 fully saturated rings. The number of rotatable bonds is 7. The molecule has 1 aliphatic carbocycles. The average molecular weight is 289 g/mol. The monoisotopic (exact) mass is 289 g/mol. The smallest absolute Gasteiger partial charge is 0.260 e. The van der Waals surface area contributed by atoms with Crippen LogP contribution in [0.2, 0.25) is 0 Å². The number of aryl methyl sites for hydroxylation is 3. The summed E-state index contributed by atoms with van der Waals surface area (Å²) >= 11 is 0. The molecule has 116 valence electrons. The molecule has 1 aromatic carbocycles. The van der Waals surface area contributed by atoms with Gasteiger partial charge in [-0.2, -0.15) is 0 Å². The normalized spacial score (nSPS) is 14.1. The number of ether oxygens (including phenoxy) is 1. The van der Waals surface area contributed by atoms with Gasteiger partial charge in [-0.15, -0.1) is 0 Å². The summed E-state index contributed by atoms with van der Waals surface area (Å²) in [4.78, 5) is 14.3. The lowest BCUT2D eigenvalue weighted by Crippen LogP contribution is -2.37. The van der Waals surface area contributed by atoms with Crippen LogP contribution in [0, 0.1) is 26.7 Å². The van der Waals surface area contributed by atoms with Crippen molar-refractivity contribution in [1.29, 1.82) is 0 Å². The lowest BCUT2D eigenvalue weighted by Gasteiger charge is -2.22. The molecule has 1 amide bonds. The van der Waals surface area contributed by atoms with Gasteiger partial charge in [-0.05, 0) is 57.1 Å². The van der Waals surface area contributed by atoms with E-state index in [2.05, 4.69) is 26.0 Å². The summed E-state index contributed by atoms with van der Waals surface area (Å²) in [5.41, 5.74) is 3.43. The molecule has 21 heavy (non-hydrogen) atoms. The molecule has 0 spiro atoms. The van der Waals surface area contributed by atoms with Crippen LogP contribution in [0.4, 0.5) is 0 Å². The molecule has 1 saturated carbocycles. The second-order valence-electron chi connectivity index (χ2n) is 6.30. The Kier molecular flexibility index (Phi) is 5.27. The quantitative estimate of drug-likeness (QED) is 0.767. The van der Waals surface area contributed by atoms with Crippen LogP contribution >= 0.6 is 0 Å². The van der Waals surface area contributed by atoms with E-state index in [4.69, 9.17) is 4.74 Å². The van der Waals surface area contributed by atoms with Gasteiger partial charge >= 0.3 is 0 Å². The van der Waals surface area contributed by atoms with Crippen LogP contribution in [0.5, 0.6) is 5.75 Å². The van der Waals surface area contributed by atoms with E-state index in [-0.39, 0.29) is 12.5 Å². The first-order chi connectivity index (χ1) is 10.0. The Bertz CT molecular complexity index is 483. The number of benzene rings is 1. The van der Waals surface area contributed by atoms with Gasteiger partial charge in [-0.25, -0.2) is 0 Å². The van der Waals surface area contributed by atoms with E-state index in [1.807, 2.05) is 18.7 Å². The van der Waals surface area contributed by atoms with Gasteiger partial charge in [0.25, 0.3) is 5.91 Å². The zero-order valence-corrected chi connectivity index (χ0v) is 13.7. The van der Waals surface area contributed by atoms with Gasteiger partial charge in [0, 0.05) is 13.1 Å². The number of hydrogen-bond acceptors (Lipinski definition) is 2. The summed E-state index contributed by atoms with van der Waals surface area (Å²) in [6.07, 6.45) is 3.54. The molecule has 1 aromatic rings. The second-order valence-corrected chi connectivity index (χ2v) is 6.30. The highest BCUT2D eigenvalue weighted by Crippen LogP contribution is 2.30. The lowest BCUT2D eigenvalue weighted by molar-refractivity contribution is -0.133. The second kappa shape index (κ2) is 6.97. The van der Waals surface area contributed by atoms with Crippen molar-refractivity contribution in [2.24, 2.45) is 5.92 Å². The van der Waals surface area contributed by atoms with Gasteiger partial charge in [0.15, 0.2) is 6.61 Å². The standard InChI is InChI=1S/C18H27NO2/c1-5-8-19(11-16-6-7-16)17(20)12-21-18-14(3)9-13(2)10-15(18)4/h9-10,16H,5-8,11-12H2,1-4H3. The van der Waals surface area contributed by atoms with Crippen molar-refractivity contribution in [1.82, 2.24) is 4.90 Å². The van der Waals surface area contributed by atoms with E-state index in [9.17, 15) is 4.79 Å². The summed E-state index contributed by atoms with van der Waals surface area (Å²) in [6, 6.07) is 4.20. The third-order valence-corrected chi connectivity index (χ3v) is 3.97. The Balaban J connectivity index is 1.95. The van der Waals surface area contributed by atoms with E-state index in [0.717, 1.165) is 42.3 Å². The van der Waals surface area contributed by atoms with Crippen LogP contribution in [0.25, 0.3) is 0 Å². The fourth-order valence-corrected chi connectivity index (χ4v) is 2.82. The van der Waals surface area contributed by atoms with Crippen LogP contribution in [-0.2, 0) is 4.79 Å². The number of nitrogens with zero attached hydrogens (tertiary/aromatic N) is 1. The molecule has 0 heterocycles. The van der Waals surface area contributed by atoms with Crippen LogP contribution < -0.4 is 4.74 Å². The lowest BCUT2D eigenvalue weighted by atomic mass is 10.1. The van der Waals surface area contributed by atoms with Gasteiger partial charge in [0.05, 0.1) is 0 Å². The van der Waals surface area contributed by atoms with Gasteiger partial charge < -0.3 is 9.64 Å². The van der Waals surface area contributed by atoms with Gasteiger partial charge in [-0.3, -0.25) is 4.79 Å². The zero-order chi connectivity index (χ0) is 15.4. The average Bonchev–Trinajstić information content (AvgIpc) is 3.20. The number of carbonyl (C=O) groups excluding carboxylic acids is 1. The molecule has 3 nitrogen and oxygen atoms in total. The van der Waals surface area contributed by atoms with E-state index in [1.165, 1.54) is 18.4 Å². The van der Waals surface area contributed by atoms with Crippen molar-refractivity contribution in [2.75, 3.05) is 19.7 Å². The van der Waals surface area contributed by atoms with Crippen LogP contribution in [0.15, 0.2) is 12.1 Å². The number of carbonyl (C=O) groups is 1. The Morgan fingerprint density at radius 1 is 1.24 bits per heavy atom. The zero-order valence-electron chi connectivity index (χ0n) is 13.7. The largest absolute Gasteiger partial charge is 0.483 e. The SMILES string of the molecule is CCCN(CC1CC1)C(=O)COc1c(C)cc(C)cc1C. The Morgan fingerprint density at radius 2 is 1.86 bits per heavy atom. The van der Waals surface area contributed by atoms with Crippen molar-refractivity contribution >= 4 is 5.91 Å². The molecule has 2 rings (SSSR count). The Morgan fingerprint density at radius 3 is 2.38 bits per heavy atom. The molecule has 0 aliphatic heterocycles. The van der Waals surface area contributed by atoms with Crippen molar-refractivity contribution in [3.05, 3.63) is 28.8 Å². The maximum absolute atomic E-state index is 12.4. The highest BCUT2D eigenvalue weighted by atomic mass is 16.5. The summed E-state index contributed by atoms with van der Waals surface area (Å²) in [6.45, 7) is 10.2. The minimum atomic E-state index is 0.114. The molecule has 0 radical (unpaired) electrons. The van der Waals surface area contributed by atoms with Crippen molar-refractivity contribution < 1.29 is 9.53 Å². The maximum atomic E-state index is 12.4. The first-order valence-corrected chi connectivity index (χ1v) is 7.99. The summed E-state index contributed by atoms with van der Waals surface area (Å²) in [5, 5.41) is 0.